The Bertz CT molecular complexity index is 1250. The van der Waals surface area contributed by atoms with Gasteiger partial charge in [0.25, 0.3) is 0 Å². The van der Waals surface area contributed by atoms with Gasteiger partial charge in [0.2, 0.25) is 11.8 Å². The van der Waals surface area contributed by atoms with Gasteiger partial charge in [0.05, 0.1) is 7.11 Å². The molecule has 3 rings (SSSR count). The van der Waals surface area contributed by atoms with Crippen molar-refractivity contribution in [1.82, 2.24) is 15.5 Å². The number of hydrogen-bond donors (Lipinski definition) is 3. The van der Waals surface area contributed by atoms with E-state index >= 15 is 0 Å². The highest BCUT2D eigenvalue weighted by Crippen LogP contribution is 2.34. The van der Waals surface area contributed by atoms with Gasteiger partial charge in [-0.15, -0.1) is 0 Å². The number of methoxy groups -OCH3 is 1. The van der Waals surface area contributed by atoms with E-state index in [-0.39, 0.29) is 24.8 Å². The summed E-state index contributed by atoms with van der Waals surface area (Å²) in [6.07, 6.45) is 1.61. The molecule has 0 spiro atoms. The lowest BCUT2D eigenvalue weighted by Crippen LogP contribution is -2.58. The molecule has 0 bridgehead atoms. The van der Waals surface area contributed by atoms with Gasteiger partial charge in [0.1, 0.15) is 30.0 Å². The average Bonchev–Trinajstić information content (AvgIpc) is 2.87. The van der Waals surface area contributed by atoms with Crippen molar-refractivity contribution >= 4 is 23.9 Å². The van der Waals surface area contributed by atoms with E-state index in [9.17, 15) is 24.3 Å². The first kappa shape index (κ1) is 31.4. The minimum absolute atomic E-state index is 0.0740. The summed E-state index contributed by atoms with van der Waals surface area (Å²) < 4.78 is 10.2. The summed E-state index contributed by atoms with van der Waals surface area (Å²) in [5.41, 5.74) is 2.47. The van der Waals surface area contributed by atoms with Crippen LogP contribution >= 0.6 is 0 Å². The summed E-state index contributed by atoms with van der Waals surface area (Å²) in [4.78, 5) is 54.5. The van der Waals surface area contributed by atoms with Crippen molar-refractivity contribution in [3.63, 3.8) is 0 Å². The van der Waals surface area contributed by atoms with Gasteiger partial charge in [0, 0.05) is 12.5 Å². The number of nitrogens with one attached hydrogen (secondary N) is 2. The molecule has 10 heteroatoms. The standard InChI is InChI=1S/C31H41N3O7/c1-19-10-13-22(16-20(19)2)27(28(37)32-18-26(36)40-6)34(23-8-7-9-23)29(38)25(33-30(39)41-31(3,4)5)17-21-11-14-24(35)15-12-21/h10-16,23,25,27,35H,7-9,17-18H2,1-6H3,(H,32,37)(H,33,39). The maximum atomic E-state index is 14.5. The zero-order valence-corrected chi connectivity index (χ0v) is 24.7. The highest BCUT2D eigenvalue weighted by Gasteiger charge is 2.42. The highest BCUT2D eigenvalue weighted by molar-refractivity contribution is 5.93. The molecule has 222 valence electrons. The molecule has 0 saturated heterocycles. The van der Waals surface area contributed by atoms with Gasteiger partial charge in [0.15, 0.2) is 0 Å². The third-order valence-electron chi connectivity index (χ3n) is 7.10. The zero-order chi connectivity index (χ0) is 30.3. The third-order valence-corrected chi connectivity index (χ3v) is 7.10. The fraction of sp³-hybridized carbons (Fsp3) is 0.484. The quantitative estimate of drug-likeness (QED) is 0.371. The van der Waals surface area contributed by atoms with E-state index in [4.69, 9.17) is 9.47 Å². The molecule has 1 fully saturated rings. The van der Waals surface area contributed by atoms with Crippen molar-refractivity contribution in [3.05, 3.63) is 64.7 Å². The fourth-order valence-corrected chi connectivity index (χ4v) is 4.58. The van der Waals surface area contributed by atoms with Gasteiger partial charge in [-0.25, -0.2) is 4.79 Å². The molecule has 0 heterocycles. The molecule has 1 aliphatic carbocycles. The number of benzene rings is 2. The third kappa shape index (κ3) is 8.70. The molecule has 2 atom stereocenters. The summed E-state index contributed by atoms with van der Waals surface area (Å²) in [7, 11) is 1.23. The van der Waals surface area contributed by atoms with Gasteiger partial charge in [-0.3, -0.25) is 14.4 Å². The minimum Gasteiger partial charge on any atom is -0.508 e. The Hall–Kier alpha value is -4.08. The molecule has 10 nitrogen and oxygen atoms in total. The van der Waals surface area contributed by atoms with E-state index < -0.39 is 41.6 Å². The van der Waals surface area contributed by atoms with Crippen LogP contribution in [-0.4, -0.2) is 65.2 Å². The smallest absolute Gasteiger partial charge is 0.408 e. The number of hydrogen-bond acceptors (Lipinski definition) is 7. The summed E-state index contributed by atoms with van der Waals surface area (Å²) in [5.74, 6) is -1.52. The molecule has 2 unspecified atom stereocenters. The van der Waals surface area contributed by atoms with Crippen LogP contribution in [0.25, 0.3) is 0 Å². The fourth-order valence-electron chi connectivity index (χ4n) is 4.58. The van der Waals surface area contributed by atoms with Gasteiger partial charge in [-0.1, -0.05) is 30.3 Å². The number of aromatic hydroxyl groups is 1. The number of carbonyl (C=O) groups is 4. The van der Waals surface area contributed by atoms with E-state index in [2.05, 4.69) is 10.6 Å². The number of phenolic OH excluding ortho intramolecular Hbond substituents is 1. The molecule has 3 amide bonds. The minimum atomic E-state index is -1.07. The van der Waals surface area contributed by atoms with E-state index in [1.165, 1.54) is 19.2 Å². The van der Waals surface area contributed by atoms with Crippen molar-refractivity contribution in [2.24, 2.45) is 0 Å². The molecular formula is C31H41N3O7. The van der Waals surface area contributed by atoms with Crippen LogP contribution in [0.2, 0.25) is 0 Å². The second kappa shape index (κ2) is 13.5. The lowest BCUT2D eigenvalue weighted by atomic mass is 9.87. The number of esters is 1. The number of ether oxygens (including phenoxy) is 2. The number of phenols is 1. The van der Waals surface area contributed by atoms with E-state index in [0.29, 0.717) is 24.0 Å². The first-order valence-electron chi connectivity index (χ1n) is 13.8. The van der Waals surface area contributed by atoms with Crippen LogP contribution in [0.15, 0.2) is 42.5 Å². The Morgan fingerprint density at radius 3 is 2.22 bits per heavy atom. The van der Waals surface area contributed by atoms with Crippen molar-refractivity contribution in [2.45, 2.75) is 84.0 Å². The van der Waals surface area contributed by atoms with Gasteiger partial charge in [-0.2, -0.15) is 0 Å². The zero-order valence-electron chi connectivity index (χ0n) is 24.7. The first-order valence-corrected chi connectivity index (χ1v) is 13.8. The molecule has 0 aliphatic heterocycles. The maximum absolute atomic E-state index is 14.5. The lowest BCUT2D eigenvalue weighted by molar-refractivity contribution is -0.148. The van der Waals surface area contributed by atoms with E-state index in [1.54, 1.807) is 43.9 Å². The molecule has 2 aromatic carbocycles. The molecule has 3 N–H and O–H groups in total. The Balaban J connectivity index is 2.05. The van der Waals surface area contributed by atoms with Crippen LogP contribution in [0, 0.1) is 13.8 Å². The number of amides is 3. The second-order valence-corrected chi connectivity index (χ2v) is 11.4. The van der Waals surface area contributed by atoms with Gasteiger partial charge < -0.3 is 30.1 Å². The maximum Gasteiger partial charge on any atom is 0.408 e. The topological polar surface area (TPSA) is 134 Å². The predicted molar refractivity (Wildman–Crippen MR) is 153 cm³/mol. The van der Waals surface area contributed by atoms with E-state index in [0.717, 1.165) is 17.5 Å². The number of nitrogens with zero attached hydrogens (tertiary/aromatic N) is 1. The van der Waals surface area contributed by atoms with Crippen LogP contribution in [0.3, 0.4) is 0 Å². The van der Waals surface area contributed by atoms with Crippen LogP contribution in [-0.2, 0) is 30.3 Å². The molecule has 0 aromatic heterocycles. The summed E-state index contributed by atoms with van der Waals surface area (Å²) in [5, 5.41) is 15.1. The largest absolute Gasteiger partial charge is 0.508 e. The van der Waals surface area contributed by atoms with Crippen LogP contribution in [0.4, 0.5) is 4.79 Å². The Morgan fingerprint density at radius 1 is 1.02 bits per heavy atom. The molecule has 41 heavy (non-hydrogen) atoms. The van der Waals surface area contributed by atoms with Crippen LogP contribution in [0.5, 0.6) is 5.75 Å². The van der Waals surface area contributed by atoms with E-state index in [1.807, 2.05) is 26.0 Å². The number of carbonyl (C=O) groups excluding carboxylic acids is 4. The molecule has 1 aliphatic rings. The monoisotopic (exact) mass is 567 g/mol. The Kier molecular flexibility index (Phi) is 10.4. The Morgan fingerprint density at radius 2 is 1.68 bits per heavy atom. The number of aryl methyl sites for hydroxylation is 2. The Labute approximate surface area is 241 Å². The van der Waals surface area contributed by atoms with Crippen molar-refractivity contribution < 1.29 is 33.8 Å². The predicted octanol–water partition coefficient (Wildman–Crippen LogP) is 3.86. The van der Waals surface area contributed by atoms with Gasteiger partial charge in [-0.05, 0) is 88.3 Å². The first-order chi connectivity index (χ1) is 19.3. The molecule has 2 aromatic rings. The molecule has 1 saturated carbocycles. The normalized spacial score (nSPS) is 14.7. The number of rotatable bonds is 10. The SMILES string of the molecule is COC(=O)CNC(=O)C(c1ccc(C)c(C)c1)N(C(=O)C(Cc1ccc(O)cc1)NC(=O)OC(C)(C)C)C1CCC1. The average molecular weight is 568 g/mol. The van der Waals surface area contributed by atoms with Gasteiger partial charge >= 0.3 is 12.1 Å². The summed E-state index contributed by atoms with van der Waals surface area (Å²) in [6.45, 7) is 8.72. The molecule has 0 radical (unpaired) electrons. The van der Waals surface area contributed by atoms with Crippen LogP contribution < -0.4 is 10.6 Å². The number of alkyl carbamates (subject to hydrolysis) is 1. The molecular weight excluding hydrogens is 526 g/mol. The van der Waals surface area contributed by atoms with Crippen molar-refractivity contribution in [3.8, 4) is 5.75 Å². The lowest BCUT2D eigenvalue weighted by Gasteiger charge is -2.43. The summed E-state index contributed by atoms with van der Waals surface area (Å²) in [6, 6.07) is 9.54. The van der Waals surface area contributed by atoms with Crippen molar-refractivity contribution in [1.29, 1.82) is 0 Å². The summed E-state index contributed by atoms with van der Waals surface area (Å²) >= 11 is 0. The highest BCUT2D eigenvalue weighted by atomic mass is 16.6. The van der Waals surface area contributed by atoms with Crippen LogP contribution in [0.1, 0.15) is 68.3 Å². The second-order valence-electron chi connectivity index (χ2n) is 11.4. The van der Waals surface area contributed by atoms with Crippen molar-refractivity contribution in [2.75, 3.05) is 13.7 Å².